The molecular weight excluding hydrogens is 208 g/mol. The number of carbonyl (C=O) groups is 1. The van der Waals surface area contributed by atoms with Crippen molar-refractivity contribution in [1.29, 1.82) is 0 Å². The molecule has 1 heterocycles. The van der Waals surface area contributed by atoms with Gasteiger partial charge in [-0.25, -0.2) is 8.78 Å². The quantitative estimate of drug-likeness (QED) is 0.729. The molecule has 0 bridgehead atoms. The van der Waals surface area contributed by atoms with Crippen LogP contribution in [0.3, 0.4) is 0 Å². The van der Waals surface area contributed by atoms with Crippen molar-refractivity contribution < 1.29 is 13.6 Å². The van der Waals surface area contributed by atoms with E-state index in [0.29, 0.717) is 0 Å². The summed E-state index contributed by atoms with van der Waals surface area (Å²) < 4.78 is 24.0. The first-order chi connectivity index (χ1) is 6.61. The lowest BCUT2D eigenvalue weighted by molar-refractivity contribution is -0.131. The van der Waals surface area contributed by atoms with Crippen molar-refractivity contribution in [1.82, 2.24) is 4.90 Å². The molecule has 1 atom stereocenters. The largest absolute Gasteiger partial charge is 0.339 e. The summed E-state index contributed by atoms with van der Waals surface area (Å²) in [6, 6.07) is 0. The minimum Gasteiger partial charge on any atom is -0.339 e. The van der Waals surface area contributed by atoms with Crippen LogP contribution in [0.15, 0.2) is 0 Å². The Morgan fingerprint density at radius 3 is 2.79 bits per heavy atom. The molecule has 1 aliphatic heterocycles. The molecule has 0 unspecified atom stereocenters. The molecule has 1 fully saturated rings. The number of hydrogen-bond acceptors (Lipinski definition) is 2. The standard InChI is InChI=1S/C9H15F2NOS/c1-12(6-8(10)11)9(13)7-4-2-3-5-14-7/h7-8H,2-6H2,1H3/t7-/m0/s1. The van der Waals surface area contributed by atoms with E-state index in [0.717, 1.165) is 29.9 Å². The zero-order valence-corrected chi connectivity index (χ0v) is 9.03. The van der Waals surface area contributed by atoms with Crippen molar-refractivity contribution in [2.45, 2.75) is 30.9 Å². The maximum atomic E-state index is 12.0. The first-order valence-electron chi connectivity index (χ1n) is 4.76. The van der Waals surface area contributed by atoms with Crippen LogP contribution in [0.5, 0.6) is 0 Å². The molecule has 1 saturated heterocycles. The Morgan fingerprint density at radius 1 is 1.57 bits per heavy atom. The van der Waals surface area contributed by atoms with E-state index in [1.54, 1.807) is 11.8 Å². The number of hydrogen-bond donors (Lipinski definition) is 0. The van der Waals surface area contributed by atoms with E-state index in [9.17, 15) is 13.6 Å². The molecule has 0 N–H and O–H groups in total. The third kappa shape index (κ3) is 3.44. The summed E-state index contributed by atoms with van der Waals surface area (Å²) in [5, 5.41) is -0.0903. The Balaban J connectivity index is 2.38. The third-order valence-electron chi connectivity index (χ3n) is 2.24. The summed E-state index contributed by atoms with van der Waals surface area (Å²) in [6.07, 6.45) is 0.563. The maximum absolute atomic E-state index is 12.0. The number of halogens is 2. The van der Waals surface area contributed by atoms with Crippen LogP contribution < -0.4 is 0 Å². The third-order valence-corrected chi connectivity index (χ3v) is 3.61. The lowest BCUT2D eigenvalue weighted by Gasteiger charge is -2.25. The molecule has 0 saturated carbocycles. The molecule has 1 aliphatic rings. The average Bonchev–Trinajstić information content (AvgIpc) is 2.17. The molecule has 5 heteroatoms. The van der Waals surface area contributed by atoms with Crippen molar-refractivity contribution in [2.24, 2.45) is 0 Å². The molecule has 0 spiro atoms. The van der Waals surface area contributed by atoms with Gasteiger partial charge in [-0.1, -0.05) is 6.42 Å². The SMILES string of the molecule is CN(CC(F)F)C(=O)[C@@H]1CCCCS1. The lowest BCUT2D eigenvalue weighted by Crippen LogP contribution is -2.38. The normalized spacial score (nSPS) is 22.4. The van der Waals surface area contributed by atoms with Gasteiger partial charge in [0.1, 0.15) is 0 Å². The molecule has 0 aromatic rings. The second kappa shape index (κ2) is 5.53. The van der Waals surface area contributed by atoms with Crippen molar-refractivity contribution in [2.75, 3.05) is 19.3 Å². The van der Waals surface area contributed by atoms with E-state index >= 15 is 0 Å². The Kier molecular flexibility index (Phi) is 4.65. The lowest BCUT2D eigenvalue weighted by atomic mass is 10.2. The monoisotopic (exact) mass is 223 g/mol. The number of amides is 1. The smallest absolute Gasteiger partial charge is 0.255 e. The van der Waals surface area contributed by atoms with Crippen LogP contribution in [0, 0.1) is 0 Å². The summed E-state index contributed by atoms with van der Waals surface area (Å²) in [5.74, 6) is 0.828. The van der Waals surface area contributed by atoms with Crippen molar-refractivity contribution >= 4 is 17.7 Å². The van der Waals surface area contributed by atoms with E-state index in [-0.39, 0.29) is 11.2 Å². The molecule has 14 heavy (non-hydrogen) atoms. The van der Waals surface area contributed by atoms with E-state index in [1.165, 1.54) is 7.05 Å². The maximum Gasteiger partial charge on any atom is 0.255 e. The van der Waals surface area contributed by atoms with Crippen molar-refractivity contribution in [3.8, 4) is 0 Å². The average molecular weight is 223 g/mol. The summed E-state index contributed by atoms with van der Waals surface area (Å²) in [7, 11) is 1.45. The van der Waals surface area contributed by atoms with Gasteiger partial charge in [-0.15, -0.1) is 11.8 Å². The van der Waals surface area contributed by atoms with Crippen LogP contribution in [-0.4, -0.2) is 41.8 Å². The van der Waals surface area contributed by atoms with Crippen LogP contribution in [-0.2, 0) is 4.79 Å². The van der Waals surface area contributed by atoms with Gasteiger partial charge in [-0.05, 0) is 18.6 Å². The van der Waals surface area contributed by atoms with E-state index in [1.807, 2.05) is 0 Å². The molecular formula is C9H15F2NOS. The fourth-order valence-electron chi connectivity index (χ4n) is 1.48. The molecule has 82 valence electrons. The second-order valence-electron chi connectivity index (χ2n) is 3.47. The van der Waals surface area contributed by atoms with Gasteiger partial charge in [0.25, 0.3) is 6.43 Å². The molecule has 0 aromatic carbocycles. The molecule has 1 amide bonds. The van der Waals surface area contributed by atoms with Gasteiger partial charge in [0.05, 0.1) is 11.8 Å². The number of carbonyl (C=O) groups excluding carboxylic acids is 1. The van der Waals surface area contributed by atoms with E-state index in [2.05, 4.69) is 0 Å². The minimum atomic E-state index is -2.43. The summed E-state index contributed by atoms with van der Waals surface area (Å²) in [6.45, 7) is -0.449. The first-order valence-corrected chi connectivity index (χ1v) is 5.81. The zero-order valence-electron chi connectivity index (χ0n) is 8.21. The molecule has 0 aromatic heterocycles. The van der Waals surface area contributed by atoms with Gasteiger partial charge in [-0.3, -0.25) is 4.79 Å². The van der Waals surface area contributed by atoms with E-state index in [4.69, 9.17) is 0 Å². The van der Waals surface area contributed by atoms with Gasteiger partial charge in [0.2, 0.25) is 5.91 Å². The summed E-state index contributed by atoms with van der Waals surface area (Å²) >= 11 is 1.59. The van der Waals surface area contributed by atoms with Crippen molar-refractivity contribution in [3.63, 3.8) is 0 Å². The highest BCUT2D eigenvalue weighted by molar-refractivity contribution is 8.00. The van der Waals surface area contributed by atoms with Crippen molar-refractivity contribution in [3.05, 3.63) is 0 Å². The number of rotatable bonds is 3. The highest BCUT2D eigenvalue weighted by Crippen LogP contribution is 2.26. The number of nitrogens with zero attached hydrogens (tertiary/aromatic N) is 1. The fourth-order valence-corrected chi connectivity index (χ4v) is 2.79. The van der Waals surface area contributed by atoms with Crippen LogP contribution in [0.1, 0.15) is 19.3 Å². The number of thioether (sulfide) groups is 1. The Bertz CT molecular complexity index is 195. The highest BCUT2D eigenvalue weighted by atomic mass is 32.2. The molecule has 2 nitrogen and oxygen atoms in total. The van der Waals surface area contributed by atoms with Gasteiger partial charge in [-0.2, -0.15) is 0 Å². The van der Waals surface area contributed by atoms with Crippen LogP contribution in [0.2, 0.25) is 0 Å². The Morgan fingerprint density at radius 2 is 2.29 bits per heavy atom. The van der Waals surface area contributed by atoms with Gasteiger partial charge < -0.3 is 4.90 Å². The minimum absolute atomic E-state index is 0.0903. The molecule has 1 rings (SSSR count). The van der Waals surface area contributed by atoms with Crippen LogP contribution >= 0.6 is 11.8 Å². The van der Waals surface area contributed by atoms with E-state index < -0.39 is 13.0 Å². The van der Waals surface area contributed by atoms with Gasteiger partial charge in [0, 0.05) is 7.05 Å². The first kappa shape index (κ1) is 11.8. The van der Waals surface area contributed by atoms with Gasteiger partial charge in [0.15, 0.2) is 0 Å². The topological polar surface area (TPSA) is 20.3 Å². The summed E-state index contributed by atoms with van der Waals surface area (Å²) in [4.78, 5) is 12.8. The summed E-state index contributed by atoms with van der Waals surface area (Å²) in [5.41, 5.74) is 0. The van der Waals surface area contributed by atoms with Gasteiger partial charge >= 0.3 is 0 Å². The fraction of sp³-hybridized carbons (Fsp3) is 0.889. The second-order valence-corrected chi connectivity index (χ2v) is 4.78. The van der Waals surface area contributed by atoms with Crippen LogP contribution in [0.25, 0.3) is 0 Å². The number of alkyl halides is 2. The molecule has 0 radical (unpaired) electrons. The zero-order chi connectivity index (χ0) is 10.6. The predicted octanol–water partition coefficient (Wildman–Crippen LogP) is 2.00. The van der Waals surface area contributed by atoms with Crippen LogP contribution in [0.4, 0.5) is 8.78 Å². The highest BCUT2D eigenvalue weighted by Gasteiger charge is 2.25. The predicted molar refractivity (Wildman–Crippen MR) is 53.7 cm³/mol. The molecule has 0 aliphatic carbocycles. The Labute approximate surface area is 87.0 Å². The Hall–Kier alpha value is -0.320.